The van der Waals surface area contributed by atoms with Crippen LogP contribution in [0.5, 0.6) is 0 Å². The number of hydrogen-bond donors (Lipinski definition) is 0. The molecule has 0 radical (unpaired) electrons. The summed E-state index contributed by atoms with van der Waals surface area (Å²) in [7, 11) is 0. The fourth-order valence-electron chi connectivity index (χ4n) is 7.62. The van der Waals surface area contributed by atoms with Crippen molar-refractivity contribution in [2.24, 2.45) is 5.92 Å². The molecule has 272 valence electrons. The molecule has 7 rings (SSSR count). The lowest BCUT2D eigenvalue weighted by atomic mass is 9.73. The van der Waals surface area contributed by atoms with E-state index >= 15 is 0 Å². The van der Waals surface area contributed by atoms with Crippen LogP contribution in [0.1, 0.15) is 101 Å². The molecule has 1 aliphatic rings. The number of rotatable bonds is 8. The summed E-state index contributed by atoms with van der Waals surface area (Å²) in [6, 6.07) is 50.7. The molecule has 0 spiro atoms. The predicted octanol–water partition coefficient (Wildman–Crippen LogP) is 15.6. The summed E-state index contributed by atoms with van der Waals surface area (Å²) < 4.78 is 0. The maximum absolute atomic E-state index is 2.44. The van der Waals surface area contributed by atoms with Crippen LogP contribution in [0.25, 0.3) is 33.0 Å². The van der Waals surface area contributed by atoms with Gasteiger partial charge in [0.1, 0.15) is 0 Å². The van der Waals surface area contributed by atoms with Crippen LogP contribution in [0, 0.1) is 19.8 Å². The Morgan fingerprint density at radius 1 is 0.623 bits per heavy atom. The zero-order chi connectivity index (χ0) is 38.0. The molecule has 0 fully saturated rings. The lowest BCUT2D eigenvalue weighted by Gasteiger charge is -2.31. The van der Waals surface area contributed by atoms with E-state index in [9.17, 15) is 0 Å². The molecular formula is C53H60. The molecular weight excluding hydrogens is 637 g/mol. The molecule has 0 saturated carbocycles. The van der Waals surface area contributed by atoms with Crippen LogP contribution in [0.15, 0.2) is 163 Å². The highest BCUT2D eigenvalue weighted by Crippen LogP contribution is 2.43. The molecule has 0 N–H and O–H groups in total. The molecule has 0 saturated heterocycles. The number of benzene rings is 6. The molecule has 0 heterocycles. The standard InChI is InChI=1S/C28H28.C23H26.C2H6/c1-5-20(3)24-11-8-12-26(23-16-13-19(2)14-17-23)28(24)27-21(4)15-18-22-9-6-7-10-25(22)27;1-18(20-10-6-4-7-11-20)19(2)21-14-16-23(3,17-15-21)22-12-8-5-9-13-22;1-2/h6-18,20H,5H2,1-4H3;4-16,18-19H,17H2,1-3H3;1-2H3. The fourth-order valence-corrected chi connectivity index (χ4v) is 7.62. The van der Waals surface area contributed by atoms with E-state index in [-0.39, 0.29) is 5.41 Å². The van der Waals surface area contributed by atoms with Gasteiger partial charge in [0.25, 0.3) is 0 Å². The molecule has 0 bridgehead atoms. The Balaban J connectivity index is 0.000000199. The topological polar surface area (TPSA) is 0 Å². The van der Waals surface area contributed by atoms with Crippen LogP contribution in [-0.2, 0) is 5.41 Å². The van der Waals surface area contributed by atoms with Crippen molar-refractivity contribution in [1.29, 1.82) is 0 Å². The average molecular weight is 697 g/mol. The van der Waals surface area contributed by atoms with Crippen molar-refractivity contribution in [3.05, 3.63) is 191 Å². The molecule has 0 aliphatic heterocycles. The maximum Gasteiger partial charge on any atom is 0.0141 e. The van der Waals surface area contributed by atoms with Gasteiger partial charge >= 0.3 is 0 Å². The van der Waals surface area contributed by atoms with Crippen molar-refractivity contribution in [3.8, 4) is 22.3 Å². The zero-order valence-corrected chi connectivity index (χ0v) is 33.7. The highest BCUT2D eigenvalue weighted by molar-refractivity contribution is 6.03. The molecule has 53 heavy (non-hydrogen) atoms. The van der Waals surface area contributed by atoms with Crippen LogP contribution < -0.4 is 0 Å². The molecule has 0 aromatic heterocycles. The third kappa shape index (κ3) is 9.00. The summed E-state index contributed by atoms with van der Waals surface area (Å²) in [6.45, 7) is 20.0. The van der Waals surface area contributed by atoms with Crippen molar-refractivity contribution in [2.45, 2.75) is 92.4 Å². The number of allylic oxidation sites excluding steroid dienone is 4. The Labute approximate surface area is 321 Å². The third-order valence-electron chi connectivity index (χ3n) is 11.4. The van der Waals surface area contributed by atoms with Gasteiger partial charge in [0.2, 0.25) is 0 Å². The summed E-state index contributed by atoms with van der Waals surface area (Å²) >= 11 is 0. The van der Waals surface area contributed by atoms with Gasteiger partial charge in [0.15, 0.2) is 0 Å². The minimum absolute atomic E-state index is 0.125. The maximum atomic E-state index is 2.44. The lowest BCUT2D eigenvalue weighted by Crippen LogP contribution is -2.21. The Morgan fingerprint density at radius 2 is 1.26 bits per heavy atom. The minimum atomic E-state index is 0.125. The van der Waals surface area contributed by atoms with E-state index < -0.39 is 0 Å². The monoisotopic (exact) mass is 696 g/mol. The highest BCUT2D eigenvalue weighted by Gasteiger charge is 2.27. The van der Waals surface area contributed by atoms with E-state index in [4.69, 9.17) is 0 Å². The van der Waals surface area contributed by atoms with Crippen molar-refractivity contribution >= 4 is 10.8 Å². The van der Waals surface area contributed by atoms with E-state index in [1.165, 1.54) is 66.4 Å². The highest BCUT2D eigenvalue weighted by atomic mass is 14.3. The van der Waals surface area contributed by atoms with Crippen LogP contribution >= 0.6 is 0 Å². The summed E-state index contributed by atoms with van der Waals surface area (Å²) in [5.74, 6) is 1.58. The van der Waals surface area contributed by atoms with Gasteiger partial charge in [-0.15, -0.1) is 0 Å². The first-order valence-electron chi connectivity index (χ1n) is 19.9. The van der Waals surface area contributed by atoms with Crippen LogP contribution in [0.2, 0.25) is 0 Å². The molecule has 1 aliphatic carbocycles. The van der Waals surface area contributed by atoms with E-state index in [2.05, 4.69) is 206 Å². The van der Waals surface area contributed by atoms with E-state index in [0.717, 1.165) is 12.8 Å². The van der Waals surface area contributed by atoms with Crippen molar-refractivity contribution in [2.75, 3.05) is 0 Å². The Bertz CT molecular complexity index is 2110. The van der Waals surface area contributed by atoms with Crippen molar-refractivity contribution in [3.63, 3.8) is 0 Å². The zero-order valence-electron chi connectivity index (χ0n) is 33.7. The van der Waals surface area contributed by atoms with Crippen LogP contribution in [-0.4, -0.2) is 0 Å². The molecule has 6 aromatic rings. The van der Waals surface area contributed by atoms with Crippen LogP contribution in [0.3, 0.4) is 0 Å². The summed E-state index contributed by atoms with van der Waals surface area (Å²) in [4.78, 5) is 0. The van der Waals surface area contributed by atoms with Crippen LogP contribution in [0.4, 0.5) is 0 Å². The average Bonchev–Trinajstić information content (AvgIpc) is 3.22. The van der Waals surface area contributed by atoms with Gasteiger partial charge in [-0.25, -0.2) is 0 Å². The third-order valence-corrected chi connectivity index (χ3v) is 11.4. The van der Waals surface area contributed by atoms with Gasteiger partial charge < -0.3 is 0 Å². The smallest absolute Gasteiger partial charge is 0.0141 e. The van der Waals surface area contributed by atoms with Gasteiger partial charge in [-0.2, -0.15) is 0 Å². The molecule has 0 heteroatoms. The van der Waals surface area contributed by atoms with E-state index in [1.54, 1.807) is 0 Å². The van der Waals surface area contributed by atoms with Crippen molar-refractivity contribution < 1.29 is 0 Å². The second kappa shape index (κ2) is 18.2. The van der Waals surface area contributed by atoms with Gasteiger partial charge in [-0.05, 0) is 105 Å². The van der Waals surface area contributed by atoms with E-state index in [1.807, 2.05) is 13.8 Å². The summed E-state index contributed by atoms with van der Waals surface area (Å²) in [5, 5.41) is 2.64. The van der Waals surface area contributed by atoms with Gasteiger partial charge in [-0.3, -0.25) is 0 Å². The first kappa shape index (κ1) is 39.3. The molecule has 4 unspecified atom stereocenters. The molecule has 4 atom stereocenters. The summed E-state index contributed by atoms with van der Waals surface area (Å²) in [5.41, 5.74) is 13.9. The second-order valence-corrected chi connectivity index (χ2v) is 14.9. The Kier molecular flexibility index (Phi) is 13.5. The molecule has 6 aromatic carbocycles. The van der Waals surface area contributed by atoms with Gasteiger partial charge in [0.05, 0.1) is 0 Å². The fraction of sp³-hybridized carbons (Fsp3) is 0.283. The van der Waals surface area contributed by atoms with Crippen molar-refractivity contribution in [1.82, 2.24) is 0 Å². The second-order valence-electron chi connectivity index (χ2n) is 14.9. The van der Waals surface area contributed by atoms with Gasteiger partial charge in [-0.1, -0.05) is 212 Å². The first-order valence-corrected chi connectivity index (χ1v) is 19.9. The first-order chi connectivity index (χ1) is 25.7. The predicted molar refractivity (Wildman–Crippen MR) is 234 cm³/mol. The molecule has 0 nitrogen and oxygen atoms in total. The van der Waals surface area contributed by atoms with Gasteiger partial charge in [0, 0.05) is 5.41 Å². The summed E-state index contributed by atoms with van der Waals surface area (Å²) in [6.07, 6.45) is 9.40. The number of hydrogen-bond acceptors (Lipinski definition) is 0. The largest absolute Gasteiger partial charge is 0.0798 e. The number of fused-ring (bicyclic) bond motifs is 1. The lowest BCUT2D eigenvalue weighted by molar-refractivity contribution is 0.542. The molecule has 0 amide bonds. The minimum Gasteiger partial charge on any atom is -0.0798 e. The SMILES string of the molecule is CC.CC(C1=CCC(C)(c2ccccc2)C=C1)C(C)c1ccccc1.CCC(C)c1cccc(-c2ccc(C)cc2)c1-c1c(C)ccc2ccccc12. The quantitative estimate of drug-likeness (QED) is 0.149. The Hall–Kier alpha value is -4.94. The van der Waals surface area contributed by atoms with E-state index in [0.29, 0.717) is 17.8 Å². The number of aryl methyl sites for hydroxylation is 2. The normalized spacial score (nSPS) is 16.7. The Morgan fingerprint density at radius 3 is 1.91 bits per heavy atom.